The summed E-state index contributed by atoms with van der Waals surface area (Å²) in [5, 5.41) is 3.26. The second-order valence-electron chi connectivity index (χ2n) is 5.08. The fraction of sp³-hybridized carbons (Fsp3) is 0.615. The lowest BCUT2D eigenvalue weighted by molar-refractivity contribution is 0.451. The molecule has 0 fully saturated rings. The number of nitrogens with one attached hydrogen (secondary N) is 2. The molecule has 6 nitrogen and oxygen atoms in total. The van der Waals surface area contributed by atoms with Crippen LogP contribution in [-0.4, -0.2) is 43.9 Å². The molecule has 0 atom stereocenters. The molecule has 0 aliphatic heterocycles. The molecule has 0 aliphatic carbocycles. The number of nitrogens with zero attached hydrogens (tertiary/aromatic N) is 2. The Hall–Kier alpha value is -1.18. The summed E-state index contributed by atoms with van der Waals surface area (Å²) in [5.41, 5.74) is 1.36. The molecule has 0 saturated heterocycles. The van der Waals surface area contributed by atoms with Gasteiger partial charge in [-0.3, -0.25) is 9.71 Å². The smallest absolute Gasteiger partial charge is 0.301 e. The highest BCUT2D eigenvalue weighted by atomic mass is 32.2. The Balaban J connectivity index is 2.53. The zero-order valence-corrected chi connectivity index (χ0v) is 13.4. The van der Waals surface area contributed by atoms with Crippen molar-refractivity contribution in [2.45, 2.75) is 33.2 Å². The summed E-state index contributed by atoms with van der Waals surface area (Å²) in [5.74, 6) is 0. The van der Waals surface area contributed by atoms with Crippen molar-refractivity contribution in [2.24, 2.45) is 0 Å². The zero-order valence-electron chi connectivity index (χ0n) is 12.5. The van der Waals surface area contributed by atoms with Crippen LogP contribution in [0.25, 0.3) is 0 Å². The van der Waals surface area contributed by atoms with Crippen LogP contribution in [0, 0.1) is 6.92 Å². The lowest BCUT2D eigenvalue weighted by Gasteiger charge is -2.19. The van der Waals surface area contributed by atoms with Crippen molar-refractivity contribution >= 4 is 15.9 Å². The minimum Gasteiger partial charge on any atom is -0.314 e. The Morgan fingerprint density at radius 2 is 2.10 bits per heavy atom. The molecular weight excluding hydrogens is 276 g/mol. The lowest BCUT2D eigenvalue weighted by atomic mass is 10.3. The van der Waals surface area contributed by atoms with Crippen LogP contribution in [0.15, 0.2) is 18.5 Å². The Morgan fingerprint density at radius 3 is 2.70 bits per heavy atom. The number of aromatic nitrogens is 1. The van der Waals surface area contributed by atoms with Crippen LogP contribution >= 0.6 is 0 Å². The Bertz CT molecular complexity index is 517. The first-order valence-electron chi connectivity index (χ1n) is 6.71. The molecule has 1 rings (SSSR count). The summed E-state index contributed by atoms with van der Waals surface area (Å²) in [4.78, 5) is 3.93. The third-order valence-electron chi connectivity index (χ3n) is 2.89. The molecule has 0 unspecified atom stereocenters. The first-order chi connectivity index (χ1) is 9.33. The standard InChI is InChI=1S/C13H24N4O2S/c1-11(2)15-7-5-9-17(4)20(18,19)16-13-10-14-8-6-12(13)3/h6,8,10-11,15-16H,5,7,9H2,1-4H3. The van der Waals surface area contributed by atoms with Crippen molar-refractivity contribution in [3.8, 4) is 0 Å². The molecule has 0 saturated carbocycles. The Kier molecular flexibility index (Phi) is 6.38. The molecule has 114 valence electrons. The second kappa shape index (κ2) is 7.56. The van der Waals surface area contributed by atoms with E-state index in [9.17, 15) is 8.42 Å². The van der Waals surface area contributed by atoms with E-state index in [0.717, 1.165) is 18.5 Å². The van der Waals surface area contributed by atoms with Gasteiger partial charge in [-0.1, -0.05) is 13.8 Å². The highest BCUT2D eigenvalue weighted by Crippen LogP contribution is 2.14. The van der Waals surface area contributed by atoms with E-state index in [4.69, 9.17) is 0 Å². The highest BCUT2D eigenvalue weighted by Gasteiger charge is 2.17. The van der Waals surface area contributed by atoms with E-state index in [0.29, 0.717) is 18.3 Å². The van der Waals surface area contributed by atoms with E-state index in [-0.39, 0.29) is 0 Å². The average molecular weight is 300 g/mol. The van der Waals surface area contributed by atoms with Crippen LogP contribution in [-0.2, 0) is 10.2 Å². The number of aryl methyl sites for hydroxylation is 1. The molecule has 1 aromatic rings. The fourth-order valence-corrected chi connectivity index (χ4v) is 2.62. The van der Waals surface area contributed by atoms with E-state index in [2.05, 4.69) is 28.9 Å². The van der Waals surface area contributed by atoms with Crippen molar-refractivity contribution in [1.29, 1.82) is 0 Å². The molecule has 0 aromatic carbocycles. The van der Waals surface area contributed by atoms with Gasteiger partial charge in [-0.05, 0) is 31.5 Å². The molecule has 2 N–H and O–H groups in total. The molecule has 1 aromatic heterocycles. The number of pyridine rings is 1. The molecule has 0 aliphatic rings. The minimum atomic E-state index is -3.52. The van der Waals surface area contributed by atoms with Gasteiger partial charge in [0.15, 0.2) is 0 Å². The minimum absolute atomic E-state index is 0.410. The number of hydrogen-bond donors (Lipinski definition) is 2. The largest absolute Gasteiger partial charge is 0.314 e. The van der Waals surface area contributed by atoms with Crippen molar-refractivity contribution in [3.63, 3.8) is 0 Å². The molecule has 7 heteroatoms. The van der Waals surface area contributed by atoms with Gasteiger partial charge in [-0.15, -0.1) is 0 Å². The van der Waals surface area contributed by atoms with Gasteiger partial charge in [0, 0.05) is 25.8 Å². The number of hydrogen-bond acceptors (Lipinski definition) is 4. The van der Waals surface area contributed by atoms with Gasteiger partial charge < -0.3 is 5.32 Å². The van der Waals surface area contributed by atoms with E-state index >= 15 is 0 Å². The van der Waals surface area contributed by atoms with Crippen molar-refractivity contribution < 1.29 is 8.42 Å². The van der Waals surface area contributed by atoms with Crippen molar-refractivity contribution in [3.05, 3.63) is 24.0 Å². The van der Waals surface area contributed by atoms with Crippen LogP contribution in [0.4, 0.5) is 5.69 Å². The van der Waals surface area contributed by atoms with E-state index < -0.39 is 10.2 Å². The van der Waals surface area contributed by atoms with Gasteiger partial charge in [0.05, 0.1) is 11.9 Å². The van der Waals surface area contributed by atoms with Gasteiger partial charge in [0.2, 0.25) is 0 Å². The lowest BCUT2D eigenvalue weighted by Crippen LogP contribution is -2.35. The summed E-state index contributed by atoms with van der Waals surface area (Å²) in [6.45, 7) is 7.23. The van der Waals surface area contributed by atoms with Gasteiger partial charge in [-0.2, -0.15) is 12.7 Å². The predicted molar refractivity (Wildman–Crippen MR) is 81.9 cm³/mol. The molecule has 0 amide bonds. The first-order valence-corrected chi connectivity index (χ1v) is 8.15. The fourth-order valence-electron chi connectivity index (χ4n) is 1.60. The van der Waals surface area contributed by atoms with Gasteiger partial charge in [0.1, 0.15) is 0 Å². The molecular formula is C13H24N4O2S. The number of rotatable bonds is 8. The van der Waals surface area contributed by atoms with E-state index in [1.54, 1.807) is 19.3 Å². The second-order valence-corrected chi connectivity index (χ2v) is 6.86. The first kappa shape index (κ1) is 16.9. The monoisotopic (exact) mass is 300 g/mol. The third-order valence-corrected chi connectivity index (χ3v) is 4.37. The van der Waals surface area contributed by atoms with Gasteiger partial charge in [0.25, 0.3) is 0 Å². The Labute approximate surface area is 121 Å². The summed E-state index contributed by atoms with van der Waals surface area (Å²) >= 11 is 0. The Morgan fingerprint density at radius 1 is 1.40 bits per heavy atom. The molecule has 0 bridgehead atoms. The van der Waals surface area contributed by atoms with Crippen LogP contribution < -0.4 is 10.0 Å². The summed E-state index contributed by atoms with van der Waals surface area (Å²) in [6, 6.07) is 2.18. The predicted octanol–water partition coefficient (Wildman–Crippen LogP) is 1.37. The SMILES string of the molecule is Cc1ccncc1NS(=O)(=O)N(C)CCCNC(C)C. The zero-order chi connectivity index (χ0) is 15.2. The van der Waals surface area contributed by atoms with Crippen molar-refractivity contribution in [2.75, 3.05) is 24.9 Å². The molecule has 0 radical (unpaired) electrons. The molecule has 1 heterocycles. The molecule has 0 spiro atoms. The average Bonchev–Trinajstić information content (AvgIpc) is 2.36. The molecule has 20 heavy (non-hydrogen) atoms. The normalized spacial score (nSPS) is 12.1. The van der Waals surface area contributed by atoms with Gasteiger partial charge in [-0.25, -0.2) is 0 Å². The summed E-state index contributed by atoms with van der Waals surface area (Å²) in [6.07, 6.45) is 3.91. The van der Waals surface area contributed by atoms with E-state index in [1.165, 1.54) is 10.5 Å². The maximum Gasteiger partial charge on any atom is 0.301 e. The van der Waals surface area contributed by atoms with Crippen LogP contribution in [0.3, 0.4) is 0 Å². The topological polar surface area (TPSA) is 74.3 Å². The maximum atomic E-state index is 12.1. The summed E-state index contributed by atoms with van der Waals surface area (Å²) < 4.78 is 28.2. The number of anilines is 1. The van der Waals surface area contributed by atoms with Crippen LogP contribution in [0.2, 0.25) is 0 Å². The van der Waals surface area contributed by atoms with Crippen molar-refractivity contribution in [1.82, 2.24) is 14.6 Å². The quantitative estimate of drug-likeness (QED) is 0.711. The van der Waals surface area contributed by atoms with Crippen LogP contribution in [0.5, 0.6) is 0 Å². The van der Waals surface area contributed by atoms with E-state index in [1.807, 2.05) is 6.92 Å². The highest BCUT2D eigenvalue weighted by molar-refractivity contribution is 7.90. The maximum absolute atomic E-state index is 12.1. The summed E-state index contributed by atoms with van der Waals surface area (Å²) in [7, 11) is -1.95. The van der Waals surface area contributed by atoms with Crippen LogP contribution in [0.1, 0.15) is 25.8 Å². The van der Waals surface area contributed by atoms with Gasteiger partial charge >= 0.3 is 10.2 Å². The third kappa shape index (κ3) is 5.44.